The molecule has 2 aliphatic heterocycles. The van der Waals surface area contributed by atoms with Gasteiger partial charge >= 0.3 is 5.97 Å². The summed E-state index contributed by atoms with van der Waals surface area (Å²) in [5, 5.41) is 2.93. The zero-order valence-corrected chi connectivity index (χ0v) is 15.4. The van der Waals surface area contributed by atoms with Crippen LogP contribution in [0.5, 0.6) is 5.75 Å². The van der Waals surface area contributed by atoms with Crippen LogP contribution < -0.4 is 10.1 Å². The predicted octanol–water partition coefficient (Wildman–Crippen LogP) is 2.19. The number of nitrogens with zero attached hydrogens (tertiary/aromatic N) is 1. The fraction of sp³-hybridized carbons (Fsp3) is 0.333. The van der Waals surface area contributed by atoms with E-state index in [4.69, 9.17) is 9.47 Å². The van der Waals surface area contributed by atoms with E-state index in [2.05, 4.69) is 5.32 Å². The average molecular weight is 366 g/mol. The van der Waals surface area contributed by atoms with Crippen LogP contribution in [0.1, 0.15) is 11.1 Å². The first-order valence-electron chi connectivity index (χ1n) is 8.93. The highest BCUT2D eigenvalue weighted by Crippen LogP contribution is 2.48. The van der Waals surface area contributed by atoms with Crippen LogP contribution in [0, 0.1) is 5.92 Å². The second-order valence-corrected chi connectivity index (χ2v) is 7.18. The third-order valence-electron chi connectivity index (χ3n) is 5.48. The zero-order chi connectivity index (χ0) is 19.0. The van der Waals surface area contributed by atoms with Crippen molar-refractivity contribution >= 4 is 17.6 Å². The highest BCUT2D eigenvalue weighted by molar-refractivity contribution is 6.09. The molecule has 2 aliphatic rings. The van der Waals surface area contributed by atoms with E-state index in [-0.39, 0.29) is 18.5 Å². The zero-order valence-electron chi connectivity index (χ0n) is 15.4. The topological polar surface area (TPSA) is 67.9 Å². The number of nitrogens with one attached hydrogen (secondary N) is 1. The van der Waals surface area contributed by atoms with Gasteiger partial charge in [-0.05, 0) is 36.4 Å². The molecule has 1 fully saturated rings. The molecule has 0 bridgehead atoms. The van der Waals surface area contributed by atoms with Gasteiger partial charge in [-0.15, -0.1) is 0 Å². The molecule has 6 nitrogen and oxygen atoms in total. The first-order valence-corrected chi connectivity index (χ1v) is 8.93. The molecule has 2 aromatic rings. The van der Waals surface area contributed by atoms with Gasteiger partial charge in [0.25, 0.3) is 0 Å². The fourth-order valence-corrected chi connectivity index (χ4v) is 4.16. The number of benzene rings is 2. The number of carbonyl (C=O) groups is 2. The van der Waals surface area contributed by atoms with E-state index < -0.39 is 11.3 Å². The summed E-state index contributed by atoms with van der Waals surface area (Å²) in [5.41, 5.74) is 1.51. The molecule has 2 atom stereocenters. The Morgan fingerprint density at radius 3 is 2.78 bits per heavy atom. The number of ether oxygens (including phenoxy) is 2. The van der Waals surface area contributed by atoms with Gasteiger partial charge in [0, 0.05) is 18.8 Å². The summed E-state index contributed by atoms with van der Waals surface area (Å²) in [6, 6.07) is 15.0. The van der Waals surface area contributed by atoms with Crippen LogP contribution in [-0.4, -0.2) is 44.0 Å². The fourth-order valence-electron chi connectivity index (χ4n) is 4.16. The summed E-state index contributed by atoms with van der Waals surface area (Å²) in [7, 11) is 3.50. The van der Waals surface area contributed by atoms with Gasteiger partial charge in [-0.1, -0.05) is 30.3 Å². The molecule has 0 aromatic heterocycles. The highest BCUT2D eigenvalue weighted by atomic mass is 16.5. The molecule has 4 rings (SSSR count). The quantitative estimate of drug-likeness (QED) is 0.840. The highest BCUT2D eigenvalue weighted by Gasteiger charge is 2.60. The van der Waals surface area contributed by atoms with Crippen LogP contribution >= 0.6 is 0 Å². The van der Waals surface area contributed by atoms with E-state index in [1.54, 1.807) is 13.2 Å². The van der Waals surface area contributed by atoms with Crippen molar-refractivity contribution in [1.82, 2.24) is 4.90 Å². The van der Waals surface area contributed by atoms with E-state index in [9.17, 15) is 9.59 Å². The van der Waals surface area contributed by atoms with Crippen LogP contribution in [-0.2, 0) is 26.3 Å². The first kappa shape index (κ1) is 17.5. The van der Waals surface area contributed by atoms with Gasteiger partial charge in [0.05, 0.1) is 13.0 Å². The molecular weight excluding hydrogens is 344 g/mol. The number of likely N-dealkylation sites (tertiary alicyclic amines) is 1. The maximum absolute atomic E-state index is 13.0. The van der Waals surface area contributed by atoms with Crippen LogP contribution in [0.25, 0.3) is 0 Å². The number of anilines is 1. The van der Waals surface area contributed by atoms with E-state index in [0.717, 1.165) is 16.8 Å². The molecular formula is C21H22N2O4. The Morgan fingerprint density at radius 2 is 2.04 bits per heavy atom. The van der Waals surface area contributed by atoms with Gasteiger partial charge in [-0.25, -0.2) is 0 Å². The molecule has 2 unspecified atom stereocenters. The van der Waals surface area contributed by atoms with Crippen LogP contribution in [0.15, 0.2) is 48.5 Å². The van der Waals surface area contributed by atoms with Crippen molar-refractivity contribution in [2.24, 2.45) is 5.92 Å². The predicted molar refractivity (Wildman–Crippen MR) is 101 cm³/mol. The Balaban J connectivity index is 1.65. The number of carbonyl (C=O) groups excluding carboxylic acids is 2. The lowest BCUT2D eigenvalue weighted by Crippen LogP contribution is -2.45. The number of rotatable bonds is 4. The largest absolute Gasteiger partial charge is 0.497 e. The molecule has 1 saturated heterocycles. The smallest absolute Gasteiger partial charge is 0.312 e. The van der Waals surface area contributed by atoms with Gasteiger partial charge in [-0.3, -0.25) is 9.59 Å². The van der Waals surface area contributed by atoms with Crippen molar-refractivity contribution in [3.63, 3.8) is 0 Å². The van der Waals surface area contributed by atoms with E-state index >= 15 is 0 Å². The van der Waals surface area contributed by atoms with Gasteiger partial charge in [0.2, 0.25) is 5.91 Å². The van der Waals surface area contributed by atoms with Crippen LogP contribution in [0.3, 0.4) is 0 Å². The molecule has 2 aromatic carbocycles. The first-order chi connectivity index (χ1) is 13.0. The Labute approximate surface area is 158 Å². The Hall–Kier alpha value is -2.86. The number of hydrogen-bond acceptors (Lipinski definition) is 5. The normalized spacial score (nSPS) is 23.9. The van der Waals surface area contributed by atoms with Crippen molar-refractivity contribution in [2.45, 2.75) is 12.0 Å². The molecule has 1 N–H and O–H groups in total. The van der Waals surface area contributed by atoms with Gasteiger partial charge in [0.15, 0.2) is 0 Å². The second kappa shape index (κ2) is 6.70. The number of likely N-dealkylation sites (N-methyl/N-ethyl adjacent to an activating group) is 1. The maximum Gasteiger partial charge on any atom is 0.312 e. The maximum atomic E-state index is 13.0. The minimum absolute atomic E-state index is 0.156. The average Bonchev–Trinajstić information content (AvgIpc) is 3.18. The Morgan fingerprint density at radius 1 is 1.26 bits per heavy atom. The Kier molecular flexibility index (Phi) is 4.36. The molecule has 0 saturated carbocycles. The van der Waals surface area contributed by atoms with Gasteiger partial charge in [-0.2, -0.15) is 0 Å². The van der Waals surface area contributed by atoms with Gasteiger partial charge < -0.3 is 19.7 Å². The summed E-state index contributed by atoms with van der Waals surface area (Å²) < 4.78 is 10.9. The number of amides is 1. The SMILES string of the molecule is COc1ccc2c(c1)C1(CN(C)CC1C(=O)OCc1ccccc1)C(=O)N2. The monoisotopic (exact) mass is 366 g/mol. The lowest BCUT2D eigenvalue weighted by atomic mass is 9.73. The van der Waals surface area contributed by atoms with E-state index in [1.165, 1.54) is 0 Å². The van der Waals surface area contributed by atoms with Crippen LogP contribution in [0.4, 0.5) is 5.69 Å². The number of methoxy groups -OCH3 is 1. The van der Waals surface area contributed by atoms with Crippen molar-refractivity contribution in [3.05, 3.63) is 59.7 Å². The lowest BCUT2D eigenvalue weighted by Gasteiger charge is -2.27. The molecule has 1 spiro atoms. The summed E-state index contributed by atoms with van der Waals surface area (Å²) >= 11 is 0. The third kappa shape index (κ3) is 2.86. The van der Waals surface area contributed by atoms with E-state index in [0.29, 0.717) is 18.8 Å². The minimum atomic E-state index is -0.952. The molecule has 6 heteroatoms. The number of esters is 1. The van der Waals surface area contributed by atoms with E-state index in [1.807, 2.05) is 54.4 Å². The number of hydrogen-bond donors (Lipinski definition) is 1. The minimum Gasteiger partial charge on any atom is -0.497 e. The summed E-state index contributed by atoms with van der Waals surface area (Å²) in [5.74, 6) is -0.416. The third-order valence-corrected chi connectivity index (χ3v) is 5.48. The lowest BCUT2D eigenvalue weighted by molar-refractivity contribution is -0.153. The number of fused-ring (bicyclic) bond motifs is 2. The summed E-state index contributed by atoms with van der Waals surface area (Å²) in [6.07, 6.45) is 0. The molecule has 1 amide bonds. The van der Waals surface area contributed by atoms with Gasteiger partial charge in [0.1, 0.15) is 17.8 Å². The summed E-state index contributed by atoms with van der Waals surface area (Å²) in [6.45, 7) is 1.13. The van der Waals surface area contributed by atoms with Crippen molar-refractivity contribution in [3.8, 4) is 5.75 Å². The molecule has 27 heavy (non-hydrogen) atoms. The molecule has 0 radical (unpaired) electrons. The second-order valence-electron chi connectivity index (χ2n) is 7.18. The molecule has 0 aliphatic carbocycles. The standard InChI is InChI=1S/C21H22N2O4/c1-23-11-17(19(24)27-12-14-6-4-3-5-7-14)21(13-23)16-10-15(26-2)8-9-18(16)22-20(21)25/h3-10,17H,11-13H2,1-2H3,(H,22,25). The van der Waals surface area contributed by atoms with Crippen LogP contribution in [0.2, 0.25) is 0 Å². The summed E-state index contributed by atoms with van der Waals surface area (Å²) in [4.78, 5) is 28.0. The van der Waals surface area contributed by atoms with Crippen molar-refractivity contribution in [1.29, 1.82) is 0 Å². The Bertz CT molecular complexity index is 883. The molecule has 140 valence electrons. The molecule has 2 heterocycles. The van der Waals surface area contributed by atoms with Crippen molar-refractivity contribution in [2.75, 3.05) is 32.6 Å². The van der Waals surface area contributed by atoms with Crippen molar-refractivity contribution < 1.29 is 19.1 Å².